The average Bonchev–Trinajstić information content (AvgIpc) is 2.31. The minimum atomic E-state index is -0.566. The van der Waals surface area contributed by atoms with Crippen molar-refractivity contribution in [1.82, 2.24) is 4.90 Å². The number of carbonyl (C=O) groups excluding carboxylic acids is 1. The molecule has 0 aromatic heterocycles. The van der Waals surface area contributed by atoms with Crippen LogP contribution in [0.25, 0.3) is 0 Å². The summed E-state index contributed by atoms with van der Waals surface area (Å²) >= 11 is 5.80. The molecule has 0 bridgehead atoms. The Morgan fingerprint density at radius 2 is 2.06 bits per heavy atom. The highest BCUT2D eigenvalue weighted by atomic mass is 35.5. The molecule has 0 N–H and O–H groups in total. The van der Waals surface area contributed by atoms with E-state index in [0.29, 0.717) is 11.4 Å². The van der Waals surface area contributed by atoms with E-state index in [1.54, 1.807) is 24.1 Å². The van der Waals surface area contributed by atoms with Crippen molar-refractivity contribution in [3.8, 4) is 6.07 Å². The molecule has 0 aliphatic heterocycles. The van der Waals surface area contributed by atoms with Gasteiger partial charge in [-0.15, -0.1) is 0 Å². The summed E-state index contributed by atoms with van der Waals surface area (Å²) in [6.45, 7) is 0. The number of benzene rings is 1. The van der Waals surface area contributed by atoms with Gasteiger partial charge in [0.2, 0.25) is 5.91 Å². The van der Waals surface area contributed by atoms with Crippen LogP contribution in [0.3, 0.4) is 0 Å². The van der Waals surface area contributed by atoms with Crippen LogP contribution in [0.1, 0.15) is 24.8 Å². The normalized spacial score (nSPS) is 16.5. The van der Waals surface area contributed by atoms with E-state index in [1.807, 2.05) is 12.1 Å². The highest BCUT2D eigenvalue weighted by Gasteiger charge is 2.43. The van der Waals surface area contributed by atoms with E-state index in [4.69, 9.17) is 11.6 Å². The highest BCUT2D eigenvalue weighted by molar-refractivity contribution is 6.30. The number of likely N-dealkylation sites (N-methyl/N-ethyl adjacent to an activating group) is 1. The first-order chi connectivity index (χ1) is 8.57. The highest BCUT2D eigenvalue weighted by Crippen LogP contribution is 2.36. The topological polar surface area (TPSA) is 44.1 Å². The molecule has 0 unspecified atom stereocenters. The molecule has 4 heteroatoms. The first-order valence-electron chi connectivity index (χ1n) is 6.00. The maximum Gasteiger partial charge on any atom is 0.228 e. The van der Waals surface area contributed by atoms with E-state index in [1.165, 1.54) is 0 Å². The Labute approximate surface area is 112 Å². The minimum Gasteiger partial charge on any atom is -0.327 e. The number of amides is 1. The van der Waals surface area contributed by atoms with Crippen LogP contribution in [0, 0.1) is 11.3 Å². The molecular weight excluding hydrogens is 248 g/mol. The quantitative estimate of drug-likeness (QED) is 0.841. The molecule has 0 atom stereocenters. The van der Waals surface area contributed by atoms with Crippen LogP contribution in [-0.4, -0.2) is 23.4 Å². The fourth-order valence-corrected chi connectivity index (χ4v) is 2.29. The molecule has 2 rings (SSSR count). The lowest BCUT2D eigenvalue weighted by atomic mass is 9.76. The third kappa shape index (κ3) is 2.34. The Morgan fingerprint density at radius 1 is 1.44 bits per heavy atom. The van der Waals surface area contributed by atoms with Gasteiger partial charge in [-0.05, 0) is 37.0 Å². The summed E-state index contributed by atoms with van der Waals surface area (Å²) in [6.07, 6.45) is 2.90. The van der Waals surface area contributed by atoms with Gasteiger partial charge in [0.25, 0.3) is 0 Å². The van der Waals surface area contributed by atoms with Crippen LogP contribution < -0.4 is 0 Å². The number of halogens is 1. The Kier molecular flexibility index (Phi) is 3.58. The van der Waals surface area contributed by atoms with Crippen molar-refractivity contribution in [3.63, 3.8) is 0 Å². The van der Waals surface area contributed by atoms with Gasteiger partial charge in [0.15, 0.2) is 0 Å². The number of rotatable bonds is 3. The monoisotopic (exact) mass is 262 g/mol. The van der Waals surface area contributed by atoms with E-state index in [2.05, 4.69) is 6.07 Å². The van der Waals surface area contributed by atoms with E-state index >= 15 is 0 Å². The summed E-state index contributed by atoms with van der Waals surface area (Å²) in [6, 6.07) is 9.50. The first kappa shape index (κ1) is 12.9. The average molecular weight is 263 g/mol. The second-order valence-electron chi connectivity index (χ2n) is 4.75. The number of carbonyl (C=O) groups is 1. The molecule has 0 radical (unpaired) electrons. The molecule has 1 aliphatic rings. The molecule has 1 aromatic rings. The third-order valence-electron chi connectivity index (χ3n) is 3.67. The van der Waals surface area contributed by atoms with E-state index in [-0.39, 0.29) is 5.91 Å². The summed E-state index contributed by atoms with van der Waals surface area (Å²) in [7, 11) is 1.72. The van der Waals surface area contributed by atoms with Crippen LogP contribution in [0.4, 0.5) is 0 Å². The van der Waals surface area contributed by atoms with Crippen LogP contribution in [-0.2, 0) is 11.2 Å². The van der Waals surface area contributed by atoms with Gasteiger partial charge in [0.05, 0.1) is 12.5 Å². The van der Waals surface area contributed by atoms with E-state index < -0.39 is 5.54 Å². The van der Waals surface area contributed by atoms with Gasteiger partial charge in [0.1, 0.15) is 5.54 Å². The summed E-state index contributed by atoms with van der Waals surface area (Å²) in [5.41, 5.74) is 0.354. The molecule has 18 heavy (non-hydrogen) atoms. The Balaban J connectivity index is 2.04. The Bertz CT molecular complexity index is 486. The van der Waals surface area contributed by atoms with Crippen molar-refractivity contribution in [2.24, 2.45) is 0 Å². The van der Waals surface area contributed by atoms with Crippen molar-refractivity contribution >= 4 is 17.5 Å². The van der Waals surface area contributed by atoms with Crippen molar-refractivity contribution in [3.05, 3.63) is 34.9 Å². The number of hydrogen-bond acceptors (Lipinski definition) is 2. The Morgan fingerprint density at radius 3 is 2.50 bits per heavy atom. The van der Waals surface area contributed by atoms with Crippen LogP contribution in [0.5, 0.6) is 0 Å². The fraction of sp³-hybridized carbons (Fsp3) is 0.429. The Hall–Kier alpha value is -1.53. The standard InChI is InChI=1S/C14H15ClN2O/c1-17(14(10-16)7-2-8-14)13(18)9-11-3-5-12(15)6-4-11/h3-6H,2,7-9H2,1H3. The molecule has 3 nitrogen and oxygen atoms in total. The zero-order chi connectivity index (χ0) is 13.2. The van der Waals surface area contributed by atoms with E-state index in [0.717, 1.165) is 24.8 Å². The molecule has 1 amide bonds. The second-order valence-corrected chi connectivity index (χ2v) is 5.19. The smallest absolute Gasteiger partial charge is 0.228 e. The van der Waals surface area contributed by atoms with Crippen molar-refractivity contribution in [2.45, 2.75) is 31.2 Å². The van der Waals surface area contributed by atoms with Gasteiger partial charge in [0, 0.05) is 12.1 Å². The second kappa shape index (κ2) is 4.99. The molecule has 0 heterocycles. The lowest BCUT2D eigenvalue weighted by Gasteiger charge is -2.43. The maximum absolute atomic E-state index is 12.1. The molecular formula is C14H15ClN2O. The molecule has 1 fully saturated rings. The molecule has 1 aliphatic carbocycles. The molecule has 1 aromatic carbocycles. The number of nitriles is 1. The van der Waals surface area contributed by atoms with Crippen LogP contribution in [0.2, 0.25) is 5.02 Å². The predicted octanol–water partition coefficient (Wildman–Crippen LogP) is 2.79. The van der Waals surface area contributed by atoms with Crippen molar-refractivity contribution in [1.29, 1.82) is 5.26 Å². The van der Waals surface area contributed by atoms with Gasteiger partial charge in [-0.1, -0.05) is 23.7 Å². The van der Waals surface area contributed by atoms with Gasteiger partial charge < -0.3 is 4.90 Å². The molecule has 0 saturated heterocycles. The van der Waals surface area contributed by atoms with Crippen molar-refractivity contribution < 1.29 is 4.79 Å². The summed E-state index contributed by atoms with van der Waals surface area (Å²) < 4.78 is 0. The van der Waals surface area contributed by atoms with Crippen LogP contribution in [0.15, 0.2) is 24.3 Å². The third-order valence-corrected chi connectivity index (χ3v) is 3.93. The van der Waals surface area contributed by atoms with Gasteiger partial charge in [-0.3, -0.25) is 4.79 Å². The van der Waals surface area contributed by atoms with Gasteiger partial charge >= 0.3 is 0 Å². The van der Waals surface area contributed by atoms with E-state index in [9.17, 15) is 10.1 Å². The molecule has 1 saturated carbocycles. The number of nitrogens with zero attached hydrogens (tertiary/aromatic N) is 2. The summed E-state index contributed by atoms with van der Waals surface area (Å²) in [4.78, 5) is 13.7. The van der Waals surface area contributed by atoms with Crippen LogP contribution >= 0.6 is 11.6 Å². The lowest BCUT2D eigenvalue weighted by Crippen LogP contribution is -2.53. The molecule has 94 valence electrons. The minimum absolute atomic E-state index is 0.0152. The summed E-state index contributed by atoms with van der Waals surface area (Å²) in [5.74, 6) is -0.0152. The lowest BCUT2D eigenvalue weighted by molar-refractivity contribution is -0.135. The van der Waals surface area contributed by atoms with Gasteiger partial charge in [-0.2, -0.15) is 5.26 Å². The molecule has 0 spiro atoms. The van der Waals surface area contributed by atoms with Crippen molar-refractivity contribution in [2.75, 3.05) is 7.05 Å². The number of hydrogen-bond donors (Lipinski definition) is 0. The fourth-order valence-electron chi connectivity index (χ4n) is 2.17. The predicted molar refractivity (Wildman–Crippen MR) is 70.1 cm³/mol. The summed E-state index contributed by atoms with van der Waals surface area (Å²) in [5, 5.41) is 9.86. The van der Waals surface area contributed by atoms with Gasteiger partial charge in [-0.25, -0.2) is 0 Å². The zero-order valence-electron chi connectivity index (χ0n) is 10.3. The zero-order valence-corrected chi connectivity index (χ0v) is 11.1. The first-order valence-corrected chi connectivity index (χ1v) is 6.37. The maximum atomic E-state index is 12.1. The largest absolute Gasteiger partial charge is 0.327 e. The SMILES string of the molecule is CN(C(=O)Cc1ccc(Cl)cc1)C1(C#N)CCC1.